The van der Waals surface area contributed by atoms with Crippen LogP contribution < -0.4 is 0 Å². The van der Waals surface area contributed by atoms with E-state index < -0.39 is 0 Å². The molecule has 4 heteroatoms. The standard InChI is InChI=1S/C14H24N2OS/c1-2-4-14-15-13(11-18-14)10-16-7-3-5-12(9-16)6-8-17/h11-12,17H,2-10H2,1H3. The van der Waals surface area contributed by atoms with Crippen molar-refractivity contribution in [2.45, 2.75) is 45.6 Å². The molecule has 1 aliphatic rings. The van der Waals surface area contributed by atoms with Crippen molar-refractivity contribution in [3.63, 3.8) is 0 Å². The Morgan fingerprint density at radius 3 is 3.22 bits per heavy atom. The van der Waals surface area contributed by atoms with E-state index in [0.29, 0.717) is 12.5 Å². The van der Waals surface area contributed by atoms with Crippen molar-refractivity contribution in [1.29, 1.82) is 0 Å². The molecule has 0 spiro atoms. The molecule has 1 N–H and O–H groups in total. The predicted octanol–water partition coefficient (Wildman–Crippen LogP) is 2.69. The lowest BCUT2D eigenvalue weighted by molar-refractivity contribution is 0.141. The van der Waals surface area contributed by atoms with Crippen molar-refractivity contribution >= 4 is 11.3 Å². The zero-order valence-corrected chi connectivity index (χ0v) is 12.1. The Balaban J connectivity index is 1.84. The van der Waals surface area contributed by atoms with E-state index in [4.69, 9.17) is 10.1 Å². The summed E-state index contributed by atoms with van der Waals surface area (Å²) < 4.78 is 0. The van der Waals surface area contributed by atoms with Gasteiger partial charge in [0, 0.05) is 25.1 Å². The molecule has 2 heterocycles. The molecule has 3 nitrogen and oxygen atoms in total. The van der Waals surface area contributed by atoms with Crippen LogP contribution in [0, 0.1) is 5.92 Å². The highest BCUT2D eigenvalue weighted by atomic mass is 32.1. The lowest BCUT2D eigenvalue weighted by atomic mass is 9.95. The molecule has 1 atom stereocenters. The maximum absolute atomic E-state index is 9.03. The van der Waals surface area contributed by atoms with Crippen molar-refractivity contribution < 1.29 is 5.11 Å². The molecular weight excluding hydrogens is 244 g/mol. The largest absolute Gasteiger partial charge is 0.396 e. The highest BCUT2D eigenvalue weighted by Crippen LogP contribution is 2.21. The summed E-state index contributed by atoms with van der Waals surface area (Å²) in [6.45, 7) is 5.83. The van der Waals surface area contributed by atoms with Gasteiger partial charge in [-0.25, -0.2) is 4.98 Å². The van der Waals surface area contributed by atoms with Crippen LogP contribution >= 0.6 is 11.3 Å². The van der Waals surface area contributed by atoms with E-state index >= 15 is 0 Å². The van der Waals surface area contributed by atoms with Crippen LogP contribution in [0.25, 0.3) is 0 Å². The van der Waals surface area contributed by atoms with Gasteiger partial charge in [-0.2, -0.15) is 0 Å². The first-order valence-electron chi connectivity index (χ1n) is 7.08. The van der Waals surface area contributed by atoms with Gasteiger partial charge in [0.15, 0.2) is 0 Å². The van der Waals surface area contributed by atoms with Crippen molar-refractivity contribution in [1.82, 2.24) is 9.88 Å². The van der Waals surface area contributed by atoms with E-state index in [1.807, 2.05) is 0 Å². The maximum atomic E-state index is 9.03. The number of thiazole rings is 1. The van der Waals surface area contributed by atoms with E-state index in [-0.39, 0.29) is 0 Å². The SMILES string of the molecule is CCCc1nc(CN2CCCC(CCO)C2)cs1. The molecule has 1 aromatic rings. The van der Waals surface area contributed by atoms with Crippen molar-refractivity contribution in [2.24, 2.45) is 5.92 Å². The van der Waals surface area contributed by atoms with Crippen LogP contribution in [-0.4, -0.2) is 34.7 Å². The summed E-state index contributed by atoms with van der Waals surface area (Å²) in [5.74, 6) is 0.678. The van der Waals surface area contributed by atoms with Crippen LogP contribution in [0.4, 0.5) is 0 Å². The topological polar surface area (TPSA) is 36.4 Å². The van der Waals surface area contributed by atoms with Crippen LogP contribution in [0.1, 0.15) is 43.3 Å². The molecule has 0 aromatic carbocycles. The number of aromatic nitrogens is 1. The van der Waals surface area contributed by atoms with Gasteiger partial charge < -0.3 is 5.11 Å². The molecule has 0 aliphatic carbocycles. The third kappa shape index (κ3) is 4.04. The van der Waals surface area contributed by atoms with Crippen LogP contribution in [0.2, 0.25) is 0 Å². The molecule has 1 aromatic heterocycles. The normalized spacial score (nSPS) is 21.3. The van der Waals surface area contributed by atoms with Crippen molar-refractivity contribution in [3.8, 4) is 0 Å². The number of hydrogen-bond acceptors (Lipinski definition) is 4. The van der Waals surface area contributed by atoms with Crippen LogP contribution in [0.15, 0.2) is 5.38 Å². The van der Waals surface area contributed by atoms with Gasteiger partial charge in [-0.1, -0.05) is 6.92 Å². The monoisotopic (exact) mass is 268 g/mol. The summed E-state index contributed by atoms with van der Waals surface area (Å²) in [6, 6.07) is 0. The lowest BCUT2D eigenvalue weighted by Crippen LogP contribution is -2.35. The Hall–Kier alpha value is -0.450. The molecule has 0 bridgehead atoms. The lowest BCUT2D eigenvalue weighted by Gasteiger charge is -2.31. The number of nitrogens with zero attached hydrogens (tertiary/aromatic N) is 2. The van der Waals surface area contributed by atoms with E-state index in [0.717, 1.165) is 25.9 Å². The van der Waals surface area contributed by atoms with Gasteiger partial charge >= 0.3 is 0 Å². The Bertz CT molecular complexity index is 351. The van der Waals surface area contributed by atoms with Crippen LogP contribution in [-0.2, 0) is 13.0 Å². The third-order valence-corrected chi connectivity index (χ3v) is 4.55. The summed E-state index contributed by atoms with van der Waals surface area (Å²) in [5, 5.41) is 12.5. The van der Waals surface area contributed by atoms with Gasteiger partial charge in [0.25, 0.3) is 0 Å². The number of piperidine rings is 1. The van der Waals surface area contributed by atoms with Gasteiger partial charge in [-0.15, -0.1) is 11.3 Å². The Kier molecular flexibility index (Phi) is 5.60. The van der Waals surface area contributed by atoms with Gasteiger partial charge in [-0.05, 0) is 44.6 Å². The zero-order valence-electron chi connectivity index (χ0n) is 11.3. The number of hydrogen-bond donors (Lipinski definition) is 1. The average molecular weight is 268 g/mol. The van der Waals surface area contributed by atoms with Gasteiger partial charge in [0.1, 0.15) is 0 Å². The number of likely N-dealkylation sites (tertiary alicyclic amines) is 1. The van der Waals surface area contributed by atoms with Crippen molar-refractivity contribution in [3.05, 3.63) is 16.1 Å². The molecule has 0 saturated carbocycles. The predicted molar refractivity (Wildman–Crippen MR) is 75.8 cm³/mol. The summed E-state index contributed by atoms with van der Waals surface area (Å²) in [4.78, 5) is 7.19. The second-order valence-electron chi connectivity index (χ2n) is 5.24. The molecular formula is C14H24N2OS. The minimum Gasteiger partial charge on any atom is -0.396 e. The molecule has 1 unspecified atom stereocenters. The molecule has 1 aliphatic heterocycles. The first-order valence-corrected chi connectivity index (χ1v) is 7.96. The van der Waals surface area contributed by atoms with Gasteiger partial charge in [0.2, 0.25) is 0 Å². The molecule has 2 rings (SSSR count). The average Bonchev–Trinajstić information content (AvgIpc) is 2.78. The van der Waals surface area contributed by atoms with E-state index in [1.54, 1.807) is 11.3 Å². The minimum atomic E-state index is 0.329. The molecule has 1 saturated heterocycles. The van der Waals surface area contributed by atoms with Crippen LogP contribution in [0.3, 0.4) is 0 Å². The molecule has 18 heavy (non-hydrogen) atoms. The van der Waals surface area contributed by atoms with Gasteiger partial charge in [-0.3, -0.25) is 4.90 Å². The van der Waals surface area contributed by atoms with Gasteiger partial charge in [0.05, 0.1) is 10.7 Å². The fourth-order valence-electron chi connectivity index (χ4n) is 2.69. The number of aryl methyl sites for hydroxylation is 1. The number of aliphatic hydroxyl groups is 1. The summed E-state index contributed by atoms with van der Waals surface area (Å²) in [5.41, 5.74) is 1.23. The minimum absolute atomic E-state index is 0.329. The number of aliphatic hydroxyl groups excluding tert-OH is 1. The number of rotatable bonds is 6. The fraction of sp³-hybridized carbons (Fsp3) is 0.786. The Labute approximate surface area is 114 Å². The molecule has 1 fully saturated rings. The Morgan fingerprint density at radius 2 is 2.44 bits per heavy atom. The Morgan fingerprint density at radius 1 is 1.56 bits per heavy atom. The van der Waals surface area contributed by atoms with E-state index in [1.165, 1.54) is 36.5 Å². The van der Waals surface area contributed by atoms with Crippen molar-refractivity contribution in [2.75, 3.05) is 19.7 Å². The summed E-state index contributed by atoms with van der Waals surface area (Å²) >= 11 is 1.80. The smallest absolute Gasteiger partial charge is 0.0928 e. The second-order valence-corrected chi connectivity index (χ2v) is 6.18. The first kappa shape index (κ1) is 14.0. The summed E-state index contributed by atoms with van der Waals surface area (Å²) in [7, 11) is 0. The highest BCUT2D eigenvalue weighted by Gasteiger charge is 2.20. The molecule has 102 valence electrons. The zero-order chi connectivity index (χ0) is 12.8. The fourth-order valence-corrected chi connectivity index (χ4v) is 3.58. The maximum Gasteiger partial charge on any atom is 0.0928 e. The molecule has 0 amide bonds. The molecule has 0 radical (unpaired) electrons. The summed E-state index contributed by atoms with van der Waals surface area (Å²) in [6.07, 6.45) is 5.77. The third-order valence-electron chi connectivity index (χ3n) is 3.59. The second kappa shape index (κ2) is 7.22. The van der Waals surface area contributed by atoms with E-state index in [2.05, 4.69) is 17.2 Å². The highest BCUT2D eigenvalue weighted by molar-refractivity contribution is 7.09. The van der Waals surface area contributed by atoms with E-state index in [9.17, 15) is 0 Å². The quantitative estimate of drug-likeness (QED) is 0.862. The first-order chi connectivity index (χ1) is 8.81. The van der Waals surface area contributed by atoms with Crippen LogP contribution in [0.5, 0.6) is 0 Å².